The van der Waals surface area contributed by atoms with Crippen molar-refractivity contribution in [3.63, 3.8) is 0 Å². The Morgan fingerprint density at radius 3 is 2.35 bits per heavy atom. The van der Waals surface area contributed by atoms with Crippen LogP contribution in [0.3, 0.4) is 0 Å². The molecule has 180 valence electrons. The van der Waals surface area contributed by atoms with Crippen molar-refractivity contribution >= 4 is 38.9 Å². The van der Waals surface area contributed by atoms with Gasteiger partial charge in [0.2, 0.25) is 5.88 Å². The molecule has 0 saturated heterocycles. The number of carbonyl (C=O) groups excluding carboxylic acids is 2. The summed E-state index contributed by atoms with van der Waals surface area (Å²) in [5.74, 6) is -0.628. The van der Waals surface area contributed by atoms with Crippen LogP contribution in [0.5, 0.6) is 5.88 Å². The standard InChI is InChI=1S/C23H25N3O6S2/c1-4-25(22(27)17-8-6-5-7-9-17)13-14-26(18-10-11-20(31-2)24-16-18)34(29,30)19-12-15-33-21(19)23(28)32-3/h5-12,15-16H,4,13-14H2,1-3H3. The van der Waals surface area contributed by atoms with Crippen molar-refractivity contribution in [3.05, 3.63) is 70.5 Å². The molecule has 0 aliphatic rings. The number of amides is 1. The lowest BCUT2D eigenvalue weighted by atomic mass is 10.2. The number of methoxy groups -OCH3 is 2. The minimum Gasteiger partial charge on any atom is -0.481 e. The fourth-order valence-electron chi connectivity index (χ4n) is 3.27. The van der Waals surface area contributed by atoms with Gasteiger partial charge in [-0.15, -0.1) is 11.3 Å². The second kappa shape index (κ2) is 11.1. The van der Waals surface area contributed by atoms with Crippen molar-refractivity contribution in [1.29, 1.82) is 0 Å². The van der Waals surface area contributed by atoms with Crippen LogP contribution in [0.25, 0.3) is 0 Å². The minimum absolute atomic E-state index is 0.0262. The first kappa shape index (κ1) is 25.2. The van der Waals surface area contributed by atoms with Crippen molar-refractivity contribution in [2.75, 3.05) is 38.2 Å². The third-order valence-corrected chi connectivity index (χ3v) is 7.94. The highest BCUT2D eigenvalue weighted by Crippen LogP contribution is 2.30. The van der Waals surface area contributed by atoms with Gasteiger partial charge in [-0.1, -0.05) is 18.2 Å². The molecular weight excluding hydrogens is 478 g/mol. The summed E-state index contributed by atoms with van der Waals surface area (Å²) in [5.41, 5.74) is 0.779. The second-order valence-corrected chi connectivity index (χ2v) is 9.74. The Kier molecular flexibility index (Phi) is 8.24. The Bertz CT molecular complexity index is 1230. The number of aromatic nitrogens is 1. The van der Waals surface area contributed by atoms with E-state index in [2.05, 4.69) is 4.98 Å². The number of hydrogen-bond acceptors (Lipinski definition) is 8. The maximum atomic E-state index is 13.7. The number of esters is 1. The summed E-state index contributed by atoms with van der Waals surface area (Å²) in [4.78, 5) is 30.6. The normalized spacial score (nSPS) is 11.0. The SMILES string of the molecule is CCN(CCN(c1ccc(OC)nc1)S(=O)(=O)c1ccsc1C(=O)OC)C(=O)c1ccccc1. The molecule has 11 heteroatoms. The monoisotopic (exact) mass is 503 g/mol. The third-order valence-electron chi connectivity index (χ3n) is 5.05. The summed E-state index contributed by atoms with van der Waals surface area (Å²) >= 11 is 0.978. The summed E-state index contributed by atoms with van der Waals surface area (Å²) in [6, 6.07) is 13.2. The molecule has 0 aliphatic carbocycles. The van der Waals surface area contributed by atoms with Gasteiger partial charge in [0.05, 0.1) is 32.6 Å². The van der Waals surface area contributed by atoms with Crippen LogP contribution in [0, 0.1) is 0 Å². The van der Waals surface area contributed by atoms with Gasteiger partial charge in [-0.25, -0.2) is 18.2 Å². The molecule has 3 aromatic rings. The average molecular weight is 504 g/mol. The van der Waals surface area contributed by atoms with Crippen molar-refractivity contribution < 1.29 is 27.5 Å². The number of ether oxygens (including phenoxy) is 2. The third kappa shape index (κ3) is 5.37. The van der Waals surface area contributed by atoms with Gasteiger partial charge in [-0.3, -0.25) is 9.10 Å². The Hall–Kier alpha value is -3.44. The van der Waals surface area contributed by atoms with Gasteiger partial charge >= 0.3 is 5.97 Å². The van der Waals surface area contributed by atoms with Crippen LogP contribution in [0.15, 0.2) is 65.0 Å². The fraction of sp³-hybridized carbons (Fsp3) is 0.261. The van der Waals surface area contributed by atoms with Crippen LogP contribution in [-0.2, 0) is 14.8 Å². The quantitative estimate of drug-likeness (QED) is 0.391. The van der Waals surface area contributed by atoms with Gasteiger partial charge < -0.3 is 14.4 Å². The molecule has 0 spiro atoms. The Morgan fingerprint density at radius 2 is 1.76 bits per heavy atom. The molecule has 0 unspecified atom stereocenters. The molecule has 0 radical (unpaired) electrons. The number of sulfonamides is 1. The molecule has 0 aliphatic heterocycles. The van der Waals surface area contributed by atoms with Crippen molar-refractivity contribution in [2.45, 2.75) is 11.8 Å². The molecule has 9 nitrogen and oxygen atoms in total. The number of anilines is 1. The summed E-state index contributed by atoms with van der Waals surface area (Å²) in [5, 5.41) is 1.51. The fourth-order valence-corrected chi connectivity index (χ4v) is 6.02. The van der Waals surface area contributed by atoms with Crippen LogP contribution < -0.4 is 9.04 Å². The van der Waals surface area contributed by atoms with Gasteiger partial charge in [0.25, 0.3) is 15.9 Å². The van der Waals surface area contributed by atoms with Gasteiger partial charge in [0, 0.05) is 24.7 Å². The highest BCUT2D eigenvalue weighted by atomic mass is 32.2. The number of nitrogens with zero attached hydrogens (tertiary/aromatic N) is 3. The van der Waals surface area contributed by atoms with Crippen LogP contribution in [-0.4, -0.2) is 64.0 Å². The van der Waals surface area contributed by atoms with E-state index < -0.39 is 16.0 Å². The van der Waals surface area contributed by atoms with E-state index in [0.717, 1.165) is 15.6 Å². The van der Waals surface area contributed by atoms with Gasteiger partial charge in [0.15, 0.2) is 0 Å². The number of benzene rings is 1. The molecule has 2 heterocycles. The van der Waals surface area contributed by atoms with E-state index in [1.54, 1.807) is 41.3 Å². The summed E-state index contributed by atoms with van der Waals surface area (Å²) in [6.07, 6.45) is 1.37. The van der Waals surface area contributed by atoms with E-state index in [-0.39, 0.29) is 34.5 Å². The summed E-state index contributed by atoms with van der Waals surface area (Å²) in [7, 11) is -1.54. The van der Waals surface area contributed by atoms with Crippen molar-refractivity contribution in [1.82, 2.24) is 9.88 Å². The van der Waals surface area contributed by atoms with E-state index in [0.29, 0.717) is 18.0 Å². The van der Waals surface area contributed by atoms with Gasteiger partial charge in [-0.05, 0) is 36.6 Å². The van der Waals surface area contributed by atoms with E-state index in [1.807, 2.05) is 13.0 Å². The Labute approximate surface area is 202 Å². The average Bonchev–Trinajstić information content (AvgIpc) is 3.37. The number of pyridine rings is 1. The van der Waals surface area contributed by atoms with Crippen molar-refractivity contribution in [3.8, 4) is 5.88 Å². The van der Waals surface area contributed by atoms with E-state index >= 15 is 0 Å². The number of carbonyl (C=O) groups is 2. The predicted molar refractivity (Wildman–Crippen MR) is 129 cm³/mol. The second-order valence-electron chi connectivity index (χ2n) is 6.99. The zero-order valence-corrected chi connectivity index (χ0v) is 20.6. The number of likely N-dealkylation sites (N-methyl/N-ethyl adjacent to an activating group) is 1. The van der Waals surface area contributed by atoms with Gasteiger partial charge in [0.1, 0.15) is 9.77 Å². The Morgan fingerprint density at radius 1 is 1.03 bits per heavy atom. The maximum Gasteiger partial charge on any atom is 0.349 e. The van der Waals surface area contributed by atoms with Crippen LogP contribution in [0.4, 0.5) is 5.69 Å². The zero-order chi connectivity index (χ0) is 24.7. The maximum absolute atomic E-state index is 13.7. The summed E-state index contributed by atoms with van der Waals surface area (Å²) in [6.45, 7) is 2.27. The highest BCUT2D eigenvalue weighted by molar-refractivity contribution is 7.93. The van der Waals surface area contributed by atoms with Crippen molar-refractivity contribution in [2.24, 2.45) is 0 Å². The molecule has 0 bridgehead atoms. The highest BCUT2D eigenvalue weighted by Gasteiger charge is 2.32. The molecule has 34 heavy (non-hydrogen) atoms. The topological polar surface area (TPSA) is 106 Å². The molecular formula is C23H25N3O6S2. The number of thiophene rings is 1. The van der Waals surface area contributed by atoms with E-state index in [1.165, 1.54) is 31.9 Å². The van der Waals surface area contributed by atoms with Crippen LogP contribution >= 0.6 is 11.3 Å². The number of hydrogen-bond donors (Lipinski definition) is 0. The van der Waals surface area contributed by atoms with Gasteiger partial charge in [-0.2, -0.15) is 0 Å². The largest absolute Gasteiger partial charge is 0.481 e. The molecule has 1 aromatic carbocycles. The molecule has 0 N–H and O–H groups in total. The molecule has 1 amide bonds. The summed E-state index contributed by atoms with van der Waals surface area (Å²) < 4.78 is 38.3. The molecule has 0 saturated carbocycles. The molecule has 0 fully saturated rings. The lowest BCUT2D eigenvalue weighted by Crippen LogP contribution is -2.41. The zero-order valence-electron chi connectivity index (χ0n) is 19.0. The molecule has 3 rings (SSSR count). The van der Waals surface area contributed by atoms with Crippen LogP contribution in [0.1, 0.15) is 27.0 Å². The molecule has 0 atom stereocenters. The lowest BCUT2D eigenvalue weighted by molar-refractivity contribution is 0.0602. The first-order chi connectivity index (χ1) is 16.3. The smallest absolute Gasteiger partial charge is 0.349 e. The number of rotatable bonds is 10. The van der Waals surface area contributed by atoms with E-state index in [9.17, 15) is 18.0 Å². The first-order valence-electron chi connectivity index (χ1n) is 10.4. The Balaban J connectivity index is 1.96. The predicted octanol–water partition coefficient (Wildman–Crippen LogP) is 3.30. The lowest BCUT2D eigenvalue weighted by Gasteiger charge is -2.28. The van der Waals surface area contributed by atoms with E-state index in [4.69, 9.17) is 9.47 Å². The minimum atomic E-state index is -4.19. The first-order valence-corrected chi connectivity index (χ1v) is 12.7. The molecule has 2 aromatic heterocycles. The van der Waals surface area contributed by atoms with Crippen LogP contribution in [0.2, 0.25) is 0 Å².